The van der Waals surface area contributed by atoms with E-state index in [0.717, 1.165) is 0 Å². The molecule has 0 radical (unpaired) electrons. The Bertz CT molecular complexity index is 593. The van der Waals surface area contributed by atoms with E-state index in [1.165, 1.54) is 0 Å². The van der Waals surface area contributed by atoms with Crippen LogP contribution in [0.15, 0.2) is 17.0 Å². The van der Waals surface area contributed by atoms with Crippen molar-refractivity contribution in [2.24, 2.45) is 11.6 Å². The van der Waals surface area contributed by atoms with Crippen LogP contribution in [0.2, 0.25) is 0 Å². The van der Waals surface area contributed by atoms with E-state index < -0.39 is 15.9 Å². The number of hydrazine groups is 1. The number of nitrogens with one attached hydrogen (secondary N) is 2. The Morgan fingerprint density at radius 3 is 2.33 bits per heavy atom. The highest BCUT2D eigenvalue weighted by Crippen LogP contribution is 2.23. The number of aryl methyl sites for hydroxylation is 2. The summed E-state index contributed by atoms with van der Waals surface area (Å²) in [6.07, 6.45) is 0. The minimum atomic E-state index is -3.66. The van der Waals surface area contributed by atoms with Crippen LogP contribution in [-0.2, 0) is 19.6 Å². The van der Waals surface area contributed by atoms with Crippen molar-refractivity contribution in [1.29, 1.82) is 0 Å². The van der Waals surface area contributed by atoms with Crippen molar-refractivity contribution in [1.82, 2.24) is 4.72 Å². The lowest BCUT2D eigenvalue weighted by Gasteiger charge is -2.14. The molecule has 0 saturated carbocycles. The van der Waals surface area contributed by atoms with Crippen molar-refractivity contribution in [3.63, 3.8) is 0 Å². The Hall–Kier alpha value is -1.68. The molecule has 0 unspecified atom stereocenters. The standard InChI is InChI=1S/C12H20N4O4S/c1-8-5-10(16-14)6-9(2)12(8)21(18,19)15-3-4-20-7-11(13)17/h5-6,15-16H,3-4,7,14H2,1-2H3,(H2,13,17). The van der Waals surface area contributed by atoms with E-state index in [4.69, 9.17) is 16.3 Å². The van der Waals surface area contributed by atoms with Gasteiger partial charge in [-0.05, 0) is 37.1 Å². The third-order valence-electron chi connectivity index (χ3n) is 2.68. The summed E-state index contributed by atoms with van der Waals surface area (Å²) in [5.41, 5.74) is 9.17. The lowest BCUT2D eigenvalue weighted by Crippen LogP contribution is -2.30. The van der Waals surface area contributed by atoms with Gasteiger partial charge in [0.15, 0.2) is 0 Å². The van der Waals surface area contributed by atoms with Crippen molar-refractivity contribution in [3.05, 3.63) is 23.3 Å². The van der Waals surface area contributed by atoms with Gasteiger partial charge in [0.05, 0.1) is 11.5 Å². The number of hydrogen-bond acceptors (Lipinski definition) is 6. The summed E-state index contributed by atoms with van der Waals surface area (Å²) >= 11 is 0. The van der Waals surface area contributed by atoms with Gasteiger partial charge in [0, 0.05) is 12.2 Å². The van der Waals surface area contributed by atoms with Crippen LogP contribution in [0.5, 0.6) is 0 Å². The highest BCUT2D eigenvalue weighted by atomic mass is 32.2. The average Bonchev–Trinajstić information content (AvgIpc) is 2.36. The minimum Gasteiger partial charge on any atom is -0.370 e. The number of sulfonamides is 1. The van der Waals surface area contributed by atoms with Crippen LogP contribution in [0.1, 0.15) is 11.1 Å². The lowest BCUT2D eigenvalue weighted by molar-refractivity contribution is -0.122. The molecule has 118 valence electrons. The van der Waals surface area contributed by atoms with E-state index in [1.54, 1.807) is 26.0 Å². The smallest absolute Gasteiger partial charge is 0.243 e. The number of primary amides is 1. The van der Waals surface area contributed by atoms with Gasteiger partial charge in [-0.15, -0.1) is 0 Å². The lowest BCUT2D eigenvalue weighted by atomic mass is 10.1. The summed E-state index contributed by atoms with van der Waals surface area (Å²) < 4.78 is 31.8. The molecule has 9 heteroatoms. The number of ether oxygens (including phenoxy) is 1. The van der Waals surface area contributed by atoms with Gasteiger partial charge in [0.1, 0.15) is 6.61 Å². The average molecular weight is 316 g/mol. The van der Waals surface area contributed by atoms with Crippen molar-refractivity contribution in [2.75, 3.05) is 25.2 Å². The Kier molecular flexibility index (Phi) is 6.09. The Morgan fingerprint density at radius 1 is 1.29 bits per heavy atom. The summed E-state index contributed by atoms with van der Waals surface area (Å²) in [5.74, 6) is 4.71. The van der Waals surface area contributed by atoms with Gasteiger partial charge < -0.3 is 15.9 Å². The van der Waals surface area contributed by atoms with Crippen molar-refractivity contribution in [2.45, 2.75) is 18.7 Å². The molecule has 0 aliphatic heterocycles. The van der Waals surface area contributed by atoms with Crippen molar-refractivity contribution < 1.29 is 17.9 Å². The molecule has 1 aromatic carbocycles. The molecule has 0 aliphatic rings. The van der Waals surface area contributed by atoms with E-state index in [1.807, 2.05) is 0 Å². The topological polar surface area (TPSA) is 137 Å². The Morgan fingerprint density at radius 2 is 1.86 bits per heavy atom. The molecule has 0 aliphatic carbocycles. The highest BCUT2D eigenvalue weighted by molar-refractivity contribution is 7.89. The molecule has 0 bridgehead atoms. The highest BCUT2D eigenvalue weighted by Gasteiger charge is 2.19. The predicted octanol–water partition coefficient (Wildman–Crippen LogP) is -0.631. The van der Waals surface area contributed by atoms with Gasteiger partial charge in [-0.25, -0.2) is 13.1 Å². The number of anilines is 1. The fraction of sp³-hybridized carbons (Fsp3) is 0.417. The molecule has 0 spiro atoms. The number of rotatable bonds is 8. The number of nitrogen functional groups attached to an aromatic ring is 1. The van der Waals surface area contributed by atoms with Crippen LogP contribution >= 0.6 is 0 Å². The number of carbonyl (C=O) groups excluding carboxylic acids is 1. The van der Waals surface area contributed by atoms with Crippen LogP contribution in [0, 0.1) is 13.8 Å². The zero-order chi connectivity index (χ0) is 16.0. The van der Waals surface area contributed by atoms with E-state index in [0.29, 0.717) is 16.8 Å². The zero-order valence-corrected chi connectivity index (χ0v) is 12.8. The molecule has 0 atom stereocenters. The SMILES string of the molecule is Cc1cc(NN)cc(C)c1S(=O)(=O)NCCOCC(N)=O. The second-order valence-electron chi connectivity index (χ2n) is 4.50. The molecular formula is C12H20N4O4S. The fourth-order valence-corrected chi connectivity index (χ4v) is 3.41. The first-order valence-corrected chi connectivity index (χ1v) is 7.70. The maximum Gasteiger partial charge on any atom is 0.243 e. The largest absolute Gasteiger partial charge is 0.370 e. The van der Waals surface area contributed by atoms with Crippen LogP contribution in [0.3, 0.4) is 0 Å². The minimum absolute atomic E-state index is 0.0470. The number of benzene rings is 1. The molecule has 1 amide bonds. The predicted molar refractivity (Wildman–Crippen MR) is 78.9 cm³/mol. The summed E-state index contributed by atoms with van der Waals surface area (Å²) in [4.78, 5) is 10.7. The van der Waals surface area contributed by atoms with E-state index in [-0.39, 0.29) is 24.7 Å². The maximum absolute atomic E-state index is 12.3. The zero-order valence-electron chi connectivity index (χ0n) is 12.0. The Labute approximate surface area is 123 Å². The van der Waals surface area contributed by atoms with Crippen LogP contribution < -0.4 is 21.7 Å². The van der Waals surface area contributed by atoms with Gasteiger partial charge in [-0.1, -0.05) is 0 Å². The van der Waals surface area contributed by atoms with Gasteiger partial charge in [0.2, 0.25) is 15.9 Å². The van der Waals surface area contributed by atoms with E-state index >= 15 is 0 Å². The van der Waals surface area contributed by atoms with Gasteiger partial charge in [0.25, 0.3) is 0 Å². The van der Waals surface area contributed by atoms with Crippen molar-refractivity contribution >= 4 is 21.6 Å². The quantitative estimate of drug-likeness (QED) is 0.286. The number of amides is 1. The number of carbonyl (C=O) groups is 1. The number of hydrogen-bond donors (Lipinski definition) is 4. The Balaban J connectivity index is 2.77. The fourth-order valence-electron chi connectivity index (χ4n) is 1.95. The third kappa shape index (κ3) is 4.97. The molecule has 0 aromatic heterocycles. The summed E-state index contributed by atoms with van der Waals surface area (Å²) in [6, 6.07) is 3.29. The molecule has 1 aromatic rings. The number of nitrogens with two attached hydrogens (primary N) is 2. The molecule has 21 heavy (non-hydrogen) atoms. The van der Waals surface area contributed by atoms with Gasteiger partial charge >= 0.3 is 0 Å². The molecule has 1 rings (SSSR count). The normalized spacial score (nSPS) is 11.4. The maximum atomic E-state index is 12.3. The molecule has 0 saturated heterocycles. The van der Waals surface area contributed by atoms with Gasteiger partial charge in [-0.3, -0.25) is 10.6 Å². The summed E-state index contributed by atoms with van der Waals surface area (Å²) in [5, 5.41) is 0. The van der Waals surface area contributed by atoms with Crippen LogP contribution in [-0.4, -0.2) is 34.1 Å². The second kappa shape index (κ2) is 7.36. The van der Waals surface area contributed by atoms with Gasteiger partial charge in [-0.2, -0.15) is 0 Å². The van der Waals surface area contributed by atoms with Crippen LogP contribution in [0.4, 0.5) is 5.69 Å². The first-order chi connectivity index (χ1) is 9.77. The van der Waals surface area contributed by atoms with Crippen molar-refractivity contribution in [3.8, 4) is 0 Å². The summed E-state index contributed by atoms with van der Waals surface area (Å²) in [7, 11) is -3.66. The first-order valence-electron chi connectivity index (χ1n) is 6.21. The molecule has 6 N–H and O–H groups in total. The molecule has 0 heterocycles. The van der Waals surface area contributed by atoms with Crippen LogP contribution in [0.25, 0.3) is 0 Å². The monoisotopic (exact) mass is 316 g/mol. The van der Waals surface area contributed by atoms with E-state index in [9.17, 15) is 13.2 Å². The molecular weight excluding hydrogens is 296 g/mol. The second-order valence-corrected chi connectivity index (χ2v) is 6.20. The molecule has 0 fully saturated rings. The van der Waals surface area contributed by atoms with E-state index in [2.05, 4.69) is 10.1 Å². The third-order valence-corrected chi connectivity index (χ3v) is 4.44. The summed E-state index contributed by atoms with van der Waals surface area (Å²) in [6.45, 7) is 3.24. The first kappa shape index (κ1) is 17.4. The molecule has 8 nitrogen and oxygen atoms in total.